The van der Waals surface area contributed by atoms with Gasteiger partial charge in [0.05, 0.1) is 0 Å². The summed E-state index contributed by atoms with van der Waals surface area (Å²) in [6.45, 7) is 0.608. The maximum Gasteiger partial charge on any atom is 0.164 e. The lowest BCUT2D eigenvalue weighted by Crippen LogP contribution is -2.32. The molecular weight excluding hydrogens is 238 g/mol. The van der Waals surface area contributed by atoms with E-state index in [9.17, 15) is 8.78 Å². The van der Waals surface area contributed by atoms with Crippen molar-refractivity contribution in [2.45, 2.75) is 25.4 Å². The second kappa shape index (κ2) is 4.13. The number of halogens is 2. The highest BCUT2D eigenvalue weighted by atomic mass is 19.2. The van der Waals surface area contributed by atoms with Gasteiger partial charge in [-0.2, -0.15) is 0 Å². The minimum atomic E-state index is -0.884. The first-order valence-corrected chi connectivity index (χ1v) is 5.78. The van der Waals surface area contributed by atoms with Gasteiger partial charge in [0.15, 0.2) is 17.5 Å². The van der Waals surface area contributed by atoms with Gasteiger partial charge in [-0.05, 0) is 24.6 Å². The molecule has 0 spiro atoms. The molecule has 0 saturated carbocycles. The number of aryl methyl sites for hydroxylation is 1. The highest BCUT2D eigenvalue weighted by Crippen LogP contribution is 2.23. The normalized spacial score (nSPS) is 18.7. The molecule has 0 saturated heterocycles. The molecule has 2 N–H and O–H groups in total. The van der Waals surface area contributed by atoms with Crippen LogP contribution in [0.3, 0.4) is 0 Å². The summed E-state index contributed by atoms with van der Waals surface area (Å²) in [5.74, 6) is -0.366. The van der Waals surface area contributed by atoms with E-state index in [2.05, 4.69) is 10.2 Å². The van der Waals surface area contributed by atoms with Crippen LogP contribution >= 0.6 is 0 Å². The van der Waals surface area contributed by atoms with Gasteiger partial charge in [0.25, 0.3) is 0 Å². The predicted octanol–water partition coefficient (Wildman–Crippen LogP) is 1.50. The lowest BCUT2D eigenvalue weighted by Gasteiger charge is -2.20. The number of hydrogen-bond acceptors (Lipinski definition) is 3. The summed E-state index contributed by atoms with van der Waals surface area (Å²) in [5.41, 5.74) is 6.41. The first-order chi connectivity index (χ1) is 8.65. The minimum absolute atomic E-state index is 0.0533. The number of nitrogens with zero attached hydrogens (tertiary/aromatic N) is 3. The Labute approximate surface area is 102 Å². The quantitative estimate of drug-likeness (QED) is 0.834. The minimum Gasteiger partial charge on any atom is -0.326 e. The first kappa shape index (κ1) is 11.3. The van der Waals surface area contributed by atoms with Crippen molar-refractivity contribution < 1.29 is 8.78 Å². The monoisotopic (exact) mass is 250 g/mol. The molecule has 1 unspecified atom stereocenters. The van der Waals surface area contributed by atoms with Gasteiger partial charge < -0.3 is 10.3 Å². The molecular formula is C12H12F2N4. The number of benzene rings is 1. The standard InChI is InChI=1S/C12H12F2N4/c13-9-3-1-7(5-10(9)14)12-17-16-11-4-2-8(15)6-18(11)12/h1,3,5,8H,2,4,6,15H2. The molecule has 0 aliphatic carbocycles. The molecule has 0 bridgehead atoms. The topological polar surface area (TPSA) is 56.7 Å². The van der Waals surface area contributed by atoms with Crippen LogP contribution in [0.15, 0.2) is 18.2 Å². The van der Waals surface area contributed by atoms with Crippen LogP contribution in [0.2, 0.25) is 0 Å². The van der Waals surface area contributed by atoms with Crippen molar-refractivity contribution in [3.8, 4) is 11.4 Å². The van der Waals surface area contributed by atoms with Crippen molar-refractivity contribution in [1.82, 2.24) is 14.8 Å². The highest BCUT2D eigenvalue weighted by Gasteiger charge is 2.21. The molecule has 2 aromatic rings. The van der Waals surface area contributed by atoms with Gasteiger partial charge in [-0.15, -0.1) is 10.2 Å². The van der Waals surface area contributed by atoms with Crippen molar-refractivity contribution in [2.75, 3.05) is 0 Å². The fraction of sp³-hybridized carbons (Fsp3) is 0.333. The molecule has 3 rings (SSSR count). The molecule has 18 heavy (non-hydrogen) atoms. The molecule has 0 radical (unpaired) electrons. The Morgan fingerprint density at radius 3 is 2.83 bits per heavy atom. The first-order valence-electron chi connectivity index (χ1n) is 5.78. The molecule has 1 aromatic heterocycles. The van der Waals surface area contributed by atoms with E-state index < -0.39 is 11.6 Å². The van der Waals surface area contributed by atoms with E-state index in [1.807, 2.05) is 4.57 Å². The van der Waals surface area contributed by atoms with Gasteiger partial charge in [-0.3, -0.25) is 0 Å². The fourth-order valence-corrected chi connectivity index (χ4v) is 2.20. The van der Waals surface area contributed by atoms with E-state index >= 15 is 0 Å². The third-order valence-electron chi connectivity index (χ3n) is 3.16. The Morgan fingerprint density at radius 2 is 2.06 bits per heavy atom. The van der Waals surface area contributed by atoms with E-state index in [1.165, 1.54) is 6.07 Å². The number of nitrogens with two attached hydrogens (primary N) is 1. The Bertz CT molecular complexity index is 594. The number of fused-ring (bicyclic) bond motifs is 1. The third-order valence-corrected chi connectivity index (χ3v) is 3.16. The van der Waals surface area contributed by atoms with Crippen molar-refractivity contribution in [1.29, 1.82) is 0 Å². The van der Waals surface area contributed by atoms with E-state index in [1.54, 1.807) is 0 Å². The summed E-state index contributed by atoms with van der Waals surface area (Å²) in [5, 5.41) is 8.10. The Morgan fingerprint density at radius 1 is 1.22 bits per heavy atom. The van der Waals surface area contributed by atoms with Gasteiger partial charge in [-0.25, -0.2) is 8.78 Å². The van der Waals surface area contributed by atoms with E-state index in [-0.39, 0.29) is 6.04 Å². The summed E-state index contributed by atoms with van der Waals surface area (Å²) in [4.78, 5) is 0. The molecule has 0 fully saturated rings. The summed E-state index contributed by atoms with van der Waals surface area (Å²) in [6.07, 6.45) is 1.63. The fourth-order valence-electron chi connectivity index (χ4n) is 2.20. The van der Waals surface area contributed by atoms with Gasteiger partial charge in [0, 0.05) is 24.6 Å². The van der Waals surface area contributed by atoms with E-state index in [0.29, 0.717) is 17.9 Å². The molecule has 1 atom stereocenters. The molecule has 0 amide bonds. The van der Waals surface area contributed by atoms with Crippen molar-refractivity contribution >= 4 is 0 Å². The Hall–Kier alpha value is -1.82. The van der Waals surface area contributed by atoms with E-state index in [4.69, 9.17) is 5.73 Å². The van der Waals surface area contributed by atoms with Crippen molar-refractivity contribution in [3.63, 3.8) is 0 Å². The largest absolute Gasteiger partial charge is 0.326 e. The molecule has 1 aliphatic heterocycles. The SMILES string of the molecule is NC1CCc2nnc(-c3ccc(F)c(F)c3)n2C1. The maximum absolute atomic E-state index is 13.2. The van der Waals surface area contributed by atoms with Crippen LogP contribution in [0.4, 0.5) is 8.78 Å². The number of rotatable bonds is 1. The van der Waals surface area contributed by atoms with E-state index in [0.717, 1.165) is 30.8 Å². The summed E-state index contributed by atoms with van der Waals surface area (Å²) >= 11 is 0. The van der Waals surface area contributed by atoms with Gasteiger partial charge in [0.2, 0.25) is 0 Å². The maximum atomic E-state index is 13.2. The van der Waals surface area contributed by atoms with Crippen LogP contribution in [0.25, 0.3) is 11.4 Å². The zero-order valence-electron chi connectivity index (χ0n) is 9.61. The zero-order chi connectivity index (χ0) is 12.7. The average molecular weight is 250 g/mol. The van der Waals surface area contributed by atoms with Crippen LogP contribution in [0.1, 0.15) is 12.2 Å². The number of hydrogen-bond donors (Lipinski definition) is 1. The summed E-state index contributed by atoms with van der Waals surface area (Å²) < 4.78 is 28.0. The van der Waals surface area contributed by atoms with Crippen molar-refractivity contribution in [2.24, 2.45) is 5.73 Å². The van der Waals surface area contributed by atoms with Crippen LogP contribution < -0.4 is 5.73 Å². The molecule has 2 heterocycles. The van der Waals surface area contributed by atoms with Gasteiger partial charge in [-0.1, -0.05) is 0 Å². The molecule has 94 valence electrons. The second-order valence-electron chi connectivity index (χ2n) is 4.48. The Kier molecular flexibility index (Phi) is 2.59. The zero-order valence-corrected chi connectivity index (χ0v) is 9.61. The van der Waals surface area contributed by atoms with Gasteiger partial charge >= 0.3 is 0 Å². The Balaban J connectivity index is 2.07. The molecule has 6 heteroatoms. The second-order valence-corrected chi connectivity index (χ2v) is 4.48. The lowest BCUT2D eigenvalue weighted by molar-refractivity contribution is 0.456. The molecule has 1 aromatic carbocycles. The third kappa shape index (κ3) is 1.78. The number of aromatic nitrogens is 3. The predicted molar refractivity (Wildman–Crippen MR) is 61.7 cm³/mol. The molecule has 1 aliphatic rings. The van der Waals surface area contributed by atoms with Crippen LogP contribution in [-0.4, -0.2) is 20.8 Å². The van der Waals surface area contributed by atoms with Crippen LogP contribution in [-0.2, 0) is 13.0 Å². The van der Waals surface area contributed by atoms with Crippen LogP contribution in [0, 0.1) is 11.6 Å². The lowest BCUT2D eigenvalue weighted by atomic mass is 10.1. The summed E-state index contributed by atoms with van der Waals surface area (Å²) in [7, 11) is 0. The average Bonchev–Trinajstić information content (AvgIpc) is 2.75. The van der Waals surface area contributed by atoms with Crippen LogP contribution in [0.5, 0.6) is 0 Å². The summed E-state index contributed by atoms with van der Waals surface area (Å²) in [6, 6.07) is 3.77. The highest BCUT2D eigenvalue weighted by molar-refractivity contribution is 5.55. The van der Waals surface area contributed by atoms with Gasteiger partial charge in [0.1, 0.15) is 5.82 Å². The molecule has 4 nitrogen and oxygen atoms in total. The smallest absolute Gasteiger partial charge is 0.164 e. The van der Waals surface area contributed by atoms with Crippen molar-refractivity contribution in [3.05, 3.63) is 35.7 Å².